The van der Waals surface area contributed by atoms with Crippen LogP contribution in [0.15, 0.2) is 18.3 Å². The Bertz CT molecular complexity index is 312. The molecule has 4 nitrogen and oxygen atoms in total. The van der Waals surface area contributed by atoms with Gasteiger partial charge in [-0.3, -0.25) is 4.98 Å². The number of unbranched alkanes of at least 4 members (excludes halogenated alkanes) is 2. The number of hydrogen-bond donors (Lipinski definition) is 2. The maximum Gasteiger partial charge on any atom is 0.0931 e. The second-order valence-electron chi connectivity index (χ2n) is 4.32. The van der Waals surface area contributed by atoms with Gasteiger partial charge in [0.25, 0.3) is 0 Å². The van der Waals surface area contributed by atoms with Crippen LogP contribution in [0, 0.1) is 0 Å². The highest BCUT2D eigenvalue weighted by atomic mass is 16.3. The summed E-state index contributed by atoms with van der Waals surface area (Å²) in [5.41, 5.74) is 1.75. The maximum atomic E-state index is 9.35. The summed E-state index contributed by atoms with van der Waals surface area (Å²) in [6.45, 7) is 2.94. The number of hydrogen-bond acceptors (Lipinski definition) is 4. The third kappa shape index (κ3) is 4.71. The highest BCUT2D eigenvalue weighted by Gasteiger charge is 2.04. The first-order valence-corrected chi connectivity index (χ1v) is 6.11. The molecule has 1 rings (SSSR count). The molecule has 0 aliphatic heterocycles. The van der Waals surface area contributed by atoms with Gasteiger partial charge in [0, 0.05) is 20.2 Å². The third-order valence-corrected chi connectivity index (χ3v) is 2.79. The number of nitrogens with zero attached hydrogens (tertiary/aromatic N) is 2. The van der Waals surface area contributed by atoms with E-state index in [1.807, 2.05) is 19.2 Å². The molecule has 0 bridgehead atoms. The van der Waals surface area contributed by atoms with Crippen LogP contribution in [0.2, 0.25) is 0 Å². The van der Waals surface area contributed by atoms with Crippen LogP contribution in [0.4, 0.5) is 5.69 Å². The van der Waals surface area contributed by atoms with Crippen molar-refractivity contribution in [2.24, 2.45) is 0 Å². The van der Waals surface area contributed by atoms with Crippen LogP contribution >= 0.6 is 0 Å². The lowest BCUT2D eigenvalue weighted by molar-refractivity contribution is 0.194. The predicted octanol–water partition coefficient (Wildman–Crippen LogP) is 1.73. The topological polar surface area (TPSA) is 56.6 Å². The smallest absolute Gasteiger partial charge is 0.0931 e. The average Bonchev–Trinajstić information content (AvgIpc) is 2.34. The molecular formula is C13H22N2O2. The molecule has 0 aliphatic carbocycles. The Hall–Kier alpha value is -1.13. The molecule has 1 aromatic rings. The van der Waals surface area contributed by atoms with Gasteiger partial charge in [-0.15, -0.1) is 0 Å². The largest absolute Gasteiger partial charge is 0.396 e. The zero-order valence-electron chi connectivity index (χ0n) is 10.6. The molecule has 0 fully saturated rings. The fraction of sp³-hybridized carbons (Fsp3) is 0.615. The number of rotatable bonds is 7. The lowest BCUT2D eigenvalue weighted by atomic mass is 10.2. The van der Waals surface area contributed by atoms with Crippen molar-refractivity contribution in [1.82, 2.24) is 4.98 Å². The van der Waals surface area contributed by atoms with Crippen molar-refractivity contribution in [3.8, 4) is 0 Å². The Morgan fingerprint density at radius 3 is 2.59 bits per heavy atom. The molecule has 96 valence electrons. The summed E-state index contributed by atoms with van der Waals surface area (Å²) in [5.74, 6) is 0. The molecule has 1 unspecified atom stereocenters. The van der Waals surface area contributed by atoms with E-state index in [0.29, 0.717) is 5.69 Å². The molecule has 1 aromatic heterocycles. The van der Waals surface area contributed by atoms with Gasteiger partial charge in [0.2, 0.25) is 0 Å². The van der Waals surface area contributed by atoms with Crippen LogP contribution < -0.4 is 4.90 Å². The fourth-order valence-corrected chi connectivity index (χ4v) is 1.64. The van der Waals surface area contributed by atoms with Crippen molar-refractivity contribution in [3.63, 3.8) is 0 Å². The van der Waals surface area contributed by atoms with E-state index in [0.717, 1.165) is 31.5 Å². The molecule has 17 heavy (non-hydrogen) atoms. The van der Waals surface area contributed by atoms with Crippen molar-refractivity contribution in [2.45, 2.75) is 32.3 Å². The van der Waals surface area contributed by atoms with Crippen molar-refractivity contribution >= 4 is 5.69 Å². The number of pyridine rings is 1. The van der Waals surface area contributed by atoms with E-state index in [2.05, 4.69) is 9.88 Å². The molecule has 0 spiro atoms. The van der Waals surface area contributed by atoms with Crippen LogP contribution in [-0.2, 0) is 0 Å². The zero-order valence-corrected chi connectivity index (χ0v) is 10.6. The molecular weight excluding hydrogens is 216 g/mol. The molecule has 4 heteroatoms. The van der Waals surface area contributed by atoms with E-state index in [1.54, 1.807) is 13.1 Å². The molecule has 0 aromatic carbocycles. The maximum absolute atomic E-state index is 9.35. The highest BCUT2D eigenvalue weighted by molar-refractivity contribution is 5.43. The highest BCUT2D eigenvalue weighted by Crippen LogP contribution is 2.15. The third-order valence-electron chi connectivity index (χ3n) is 2.79. The van der Waals surface area contributed by atoms with Gasteiger partial charge in [0.15, 0.2) is 0 Å². The first-order chi connectivity index (χ1) is 8.15. The van der Waals surface area contributed by atoms with Crippen LogP contribution in [0.5, 0.6) is 0 Å². The summed E-state index contributed by atoms with van der Waals surface area (Å²) in [6, 6.07) is 3.82. The van der Waals surface area contributed by atoms with E-state index in [4.69, 9.17) is 5.11 Å². The van der Waals surface area contributed by atoms with Gasteiger partial charge in [-0.25, -0.2) is 0 Å². The Balaban J connectivity index is 2.43. The van der Waals surface area contributed by atoms with E-state index in [-0.39, 0.29) is 6.61 Å². The van der Waals surface area contributed by atoms with Gasteiger partial charge in [-0.05, 0) is 38.3 Å². The lowest BCUT2D eigenvalue weighted by Crippen LogP contribution is -2.18. The van der Waals surface area contributed by atoms with Crippen LogP contribution in [0.1, 0.15) is 38.0 Å². The quantitative estimate of drug-likeness (QED) is 0.710. The van der Waals surface area contributed by atoms with Gasteiger partial charge in [-0.2, -0.15) is 0 Å². The van der Waals surface area contributed by atoms with Crippen molar-refractivity contribution in [2.75, 3.05) is 25.1 Å². The first kappa shape index (κ1) is 13.9. The predicted molar refractivity (Wildman–Crippen MR) is 69.1 cm³/mol. The molecule has 0 saturated carbocycles. The Labute approximate surface area is 103 Å². The van der Waals surface area contributed by atoms with Gasteiger partial charge in [0.1, 0.15) is 0 Å². The van der Waals surface area contributed by atoms with Crippen molar-refractivity contribution in [3.05, 3.63) is 24.0 Å². The van der Waals surface area contributed by atoms with Gasteiger partial charge < -0.3 is 15.1 Å². The minimum atomic E-state index is -0.515. The molecule has 1 heterocycles. The lowest BCUT2D eigenvalue weighted by Gasteiger charge is -2.19. The van der Waals surface area contributed by atoms with Gasteiger partial charge >= 0.3 is 0 Å². The Morgan fingerprint density at radius 2 is 2.06 bits per heavy atom. The second-order valence-corrected chi connectivity index (χ2v) is 4.32. The summed E-state index contributed by atoms with van der Waals surface area (Å²) in [6.07, 6.45) is 4.25. The Morgan fingerprint density at radius 1 is 1.29 bits per heavy atom. The van der Waals surface area contributed by atoms with E-state index in [1.165, 1.54) is 0 Å². The Kier molecular flexibility index (Phi) is 5.94. The minimum Gasteiger partial charge on any atom is -0.396 e. The first-order valence-electron chi connectivity index (χ1n) is 6.11. The van der Waals surface area contributed by atoms with E-state index < -0.39 is 6.10 Å². The number of anilines is 1. The number of aromatic nitrogens is 1. The van der Waals surface area contributed by atoms with Gasteiger partial charge in [-0.1, -0.05) is 0 Å². The summed E-state index contributed by atoms with van der Waals surface area (Å²) in [5, 5.41) is 18.0. The zero-order chi connectivity index (χ0) is 12.7. The van der Waals surface area contributed by atoms with E-state index >= 15 is 0 Å². The van der Waals surface area contributed by atoms with Gasteiger partial charge in [0.05, 0.1) is 23.7 Å². The molecule has 0 aliphatic rings. The average molecular weight is 238 g/mol. The van der Waals surface area contributed by atoms with E-state index in [9.17, 15) is 5.11 Å². The fourth-order valence-electron chi connectivity index (χ4n) is 1.64. The molecule has 1 atom stereocenters. The van der Waals surface area contributed by atoms with Crippen LogP contribution in [0.3, 0.4) is 0 Å². The molecule has 0 amide bonds. The van der Waals surface area contributed by atoms with Crippen LogP contribution in [-0.4, -0.2) is 35.4 Å². The summed E-state index contributed by atoms with van der Waals surface area (Å²) >= 11 is 0. The van der Waals surface area contributed by atoms with Crippen LogP contribution in [0.25, 0.3) is 0 Å². The van der Waals surface area contributed by atoms with Crippen molar-refractivity contribution < 1.29 is 10.2 Å². The SMILES string of the molecule is CC(O)c1ccc(N(C)CCCCCO)cn1. The minimum absolute atomic E-state index is 0.272. The summed E-state index contributed by atoms with van der Waals surface area (Å²) in [7, 11) is 2.03. The second kappa shape index (κ2) is 7.25. The number of aliphatic hydroxyl groups excluding tert-OH is 2. The molecule has 2 N–H and O–H groups in total. The van der Waals surface area contributed by atoms with Crippen molar-refractivity contribution in [1.29, 1.82) is 0 Å². The monoisotopic (exact) mass is 238 g/mol. The number of aliphatic hydroxyl groups is 2. The molecule has 0 radical (unpaired) electrons. The summed E-state index contributed by atoms with van der Waals surface area (Å²) in [4.78, 5) is 6.35. The normalized spacial score (nSPS) is 12.5. The summed E-state index contributed by atoms with van der Waals surface area (Å²) < 4.78 is 0. The molecule has 0 saturated heterocycles. The standard InChI is InChI=1S/C13H22N2O2/c1-11(17)13-7-6-12(10-14-13)15(2)8-4-3-5-9-16/h6-7,10-11,16-17H,3-5,8-9H2,1-2H3.